The maximum atomic E-state index is 12.8. The number of aromatic nitrogens is 1. The Labute approximate surface area is 165 Å². The number of nitrogens with one attached hydrogen (secondary N) is 1. The summed E-state index contributed by atoms with van der Waals surface area (Å²) < 4.78 is 1.13. The lowest BCUT2D eigenvalue weighted by Gasteiger charge is -2.03. The molecule has 0 saturated heterocycles. The summed E-state index contributed by atoms with van der Waals surface area (Å²) in [6.07, 6.45) is 2.19. The van der Waals surface area contributed by atoms with Crippen molar-refractivity contribution in [1.82, 2.24) is 4.98 Å². The Morgan fingerprint density at radius 2 is 1.75 bits per heavy atom. The Morgan fingerprint density at radius 1 is 0.893 bits per heavy atom. The standard InChI is InChI=1S/C24H16N2OS/c27-23(18-11-8-14-4-1-2-5-16(14)12-18)26-24-25-22-19-7-3-6-15-9-10-17(21(15)19)13-20(22)28-24/h1-8,11-13H,9-10H2,(H,25,26,27). The van der Waals surface area contributed by atoms with E-state index in [0.717, 1.165) is 33.8 Å². The molecule has 0 spiro atoms. The molecule has 0 radical (unpaired) electrons. The highest BCUT2D eigenvalue weighted by Gasteiger charge is 2.19. The number of hydrogen-bond acceptors (Lipinski definition) is 3. The fourth-order valence-electron chi connectivity index (χ4n) is 4.26. The third-order valence-corrected chi connectivity index (χ3v) is 6.50. The lowest BCUT2D eigenvalue weighted by molar-refractivity contribution is 0.102. The zero-order valence-corrected chi connectivity index (χ0v) is 15.8. The number of anilines is 1. The molecule has 1 aromatic heterocycles. The van der Waals surface area contributed by atoms with Gasteiger partial charge in [0.1, 0.15) is 0 Å². The number of thiazole rings is 1. The fourth-order valence-corrected chi connectivity index (χ4v) is 5.20. The third kappa shape index (κ3) is 2.35. The number of fused-ring (bicyclic) bond motifs is 3. The van der Waals surface area contributed by atoms with Gasteiger partial charge in [-0.1, -0.05) is 59.9 Å². The van der Waals surface area contributed by atoms with Crippen molar-refractivity contribution in [1.29, 1.82) is 0 Å². The summed E-state index contributed by atoms with van der Waals surface area (Å²) >= 11 is 1.55. The summed E-state index contributed by atoms with van der Waals surface area (Å²) in [5.74, 6) is -0.123. The van der Waals surface area contributed by atoms with E-state index in [1.165, 1.54) is 21.9 Å². The molecule has 6 rings (SSSR count). The highest BCUT2D eigenvalue weighted by Crippen LogP contribution is 2.39. The molecule has 1 aliphatic rings. The van der Waals surface area contributed by atoms with Crippen LogP contribution in [0.2, 0.25) is 0 Å². The molecule has 3 nitrogen and oxygen atoms in total. The van der Waals surface area contributed by atoms with Gasteiger partial charge in [0, 0.05) is 10.9 Å². The molecular weight excluding hydrogens is 364 g/mol. The average molecular weight is 380 g/mol. The van der Waals surface area contributed by atoms with Gasteiger partial charge in [-0.25, -0.2) is 4.98 Å². The number of aryl methyl sites for hydroxylation is 2. The molecule has 0 unspecified atom stereocenters. The van der Waals surface area contributed by atoms with Gasteiger partial charge in [0.15, 0.2) is 5.13 Å². The lowest BCUT2D eigenvalue weighted by atomic mass is 10.0. The summed E-state index contributed by atoms with van der Waals surface area (Å²) in [6.45, 7) is 0. The molecule has 134 valence electrons. The normalized spacial score (nSPS) is 12.9. The predicted octanol–water partition coefficient (Wildman–Crippen LogP) is 5.95. The number of amides is 1. The van der Waals surface area contributed by atoms with Gasteiger partial charge in [0.2, 0.25) is 0 Å². The maximum Gasteiger partial charge on any atom is 0.257 e. The second kappa shape index (κ2) is 5.88. The SMILES string of the molecule is O=C(Nc1nc2c(cc3c4c(cccc42)CC3)s1)c1ccc2ccccc2c1. The molecule has 28 heavy (non-hydrogen) atoms. The predicted molar refractivity (Wildman–Crippen MR) is 116 cm³/mol. The van der Waals surface area contributed by atoms with Crippen LogP contribution in [-0.4, -0.2) is 10.9 Å². The van der Waals surface area contributed by atoms with E-state index in [0.29, 0.717) is 10.7 Å². The van der Waals surface area contributed by atoms with Crippen LogP contribution in [0.1, 0.15) is 21.5 Å². The van der Waals surface area contributed by atoms with Crippen molar-refractivity contribution in [2.45, 2.75) is 12.8 Å². The largest absolute Gasteiger partial charge is 0.298 e. The van der Waals surface area contributed by atoms with Gasteiger partial charge < -0.3 is 0 Å². The van der Waals surface area contributed by atoms with E-state index in [4.69, 9.17) is 4.98 Å². The van der Waals surface area contributed by atoms with Crippen molar-refractivity contribution >= 4 is 54.1 Å². The van der Waals surface area contributed by atoms with Gasteiger partial charge >= 0.3 is 0 Å². The molecule has 0 bridgehead atoms. The van der Waals surface area contributed by atoms with E-state index < -0.39 is 0 Å². The van der Waals surface area contributed by atoms with E-state index in [9.17, 15) is 4.79 Å². The Hall–Kier alpha value is -3.24. The van der Waals surface area contributed by atoms with Crippen molar-refractivity contribution in [3.63, 3.8) is 0 Å². The van der Waals surface area contributed by atoms with Gasteiger partial charge in [0.25, 0.3) is 5.91 Å². The topological polar surface area (TPSA) is 42.0 Å². The highest BCUT2D eigenvalue weighted by atomic mass is 32.1. The van der Waals surface area contributed by atoms with Crippen LogP contribution in [0.5, 0.6) is 0 Å². The van der Waals surface area contributed by atoms with Crippen molar-refractivity contribution in [2.24, 2.45) is 0 Å². The van der Waals surface area contributed by atoms with E-state index >= 15 is 0 Å². The summed E-state index contributed by atoms with van der Waals surface area (Å²) in [5.41, 5.74) is 4.44. The molecular formula is C24H16N2OS. The van der Waals surface area contributed by atoms with Gasteiger partial charge in [-0.05, 0) is 58.3 Å². The summed E-state index contributed by atoms with van der Waals surface area (Å²) in [7, 11) is 0. The number of carbonyl (C=O) groups is 1. The number of benzene rings is 4. The summed E-state index contributed by atoms with van der Waals surface area (Å²) in [4.78, 5) is 17.6. The lowest BCUT2D eigenvalue weighted by Crippen LogP contribution is -2.11. The fraction of sp³-hybridized carbons (Fsp3) is 0.0833. The Kier molecular flexibility index (Phi) is 3.31. The van der Waals surface area contributed by atoms with Crippen molar-refractivity contribution in [3.05, 3.63) is 83.4 Å². The molecule has 4 heteroatoms. The van der Waals surface area contributed by atoms with Crippen LogP contribution < -0.4 is 5.32 Å². The minimum absolute atomic E-state index is 0.123. The molecule has 4 aromatic carbocycles. The van der Waals surface area contributed by atoms with Crippen LogP contribution in [0.25, 0.3) is 31.8 Å². The van der Waals surface area contributed by atoms with Crippen molar-refractivity contribution in [2.75, 3.05) is 5.32 Å². The van der Waals surface area contributed by atoms with Crippen LogP contribution in [-0.2, 0) is 12.8 Å². The number of nitrogens with zero attached hydrogens (tertiary/aromatic N) is 1. The van der Waals surface area contributed by atoms with Gasteiger partial charge in [-0.2, -0.15) is 0 Å². The van der Waals surface area contributed by atoms with Crippen LogP contribution in [0.15, 0.2) is 66.7 Å². The molecule has 1 N–H and O–H groups in total. The molecule has 0 atom stereocenters. The van der Waals surface area contributed by atoms with E-state index in [2.05, 4.69) is 29.6 Å². The first-order chi connectivity index (χ1) is 13.8. The monoisotopic (exact) mass is 380 g/mol. The Bertz CT molecular complexity index is 1420. The second-order valence-electron chi connectivity index (χ2n) is 7.26. The van der Waals surface area contributed by atoms with Crippen LogP contribution in [0, 0.1) is 0 Å². The Balaban J connectivity index is 1.40. The zero-order valence-electron chi connectivity index (χ0n) is 15.0. The highest BCUT2D eigenvalue weighted by molar-refractivity contribution is 7.22. The number of hydrogen-bond donors (Lipinski definition) is 1. The second-order valence-corrected chi connectivity index (χ2v) is 8.29. The van der Waals surface area contributed by atoms with E-state index in [-0.39, 0.29) is 5.91 Å². The van der Waals surface area contributed by atoms with Crippen LogP contribution >= 0.6 is 11.3 Å². The van der Waals surface area contributed by atoms with Crippen LogP contribution in [0.3, 0.4) is 0 Å². The van der Waals surface area contributed by atoms with Crippen molar-refractivity contribution < 1.29 is 4.79 Å². The average Bonchev–Trinajstić information content (AvgIpc) is 3.33. The number of carbonyl (C=O) groups excluding carboxylic acids is 1. The van der Waals surface area contributed by atoms with Gasteiger partial charge in [0.05, 0.1) is 10.2 Å². The van der Waals surface area contributed by atoms with Gasteiger partial charge in [-0.3, -0.25) is 10.1 Å². The quantitative estimate of drug-likeness (QED) is 0.411. The smallest absolute Gasteiger partial charge is 0.257 e. The molecule has 0 aliphatic heterocycles. The van der Waals surface area contributed by atoms with Gasteiger partial charge in [-0.15, -0.1) is 0 Å². The van der Waals surface area contributed by atoms with Crippen LogP contribution in [0.4, 0.5) is 5.13 Å². The first-order valence-corrected chi connectivity index (χ1v) is 10.2. The molecule has 5 aromatic rings. The third-order valence-electron chi connectivity index (χ3n) is 5.58. The minimum atomic E-state index is -0.123. The molecule has 0 fully saturated rings. The van der Waals surface area contributed by atoms with Crippen molar-refractivity contribution in [3.8, 4) is 0 Å². The molecule has 1 amide bonds. The molecule has 0 saturated carbocycles. The first-order valence-electron chi connectivity index (χ1n) is 9.40. The number of rotatable bonds is 2. The Morgan fingerprint density at radius 3 is 2.68 bits per heavy atom. The molecule has 1 heterocycles. The minimum Gasteiger partial charge on any atom is -0.298 e. The zero-order chi connectivity index (χ0) is 18.7. The van der Waals surface area contributed by atoms with E-state index in [1.807, 2.05) is 42.5 Å². The molecule has 1 aliphatic carbocycles. The maximum absolute atomic E-state index is 12.8. The summed E-state index contributed by atoms with van der Waals surface area (Å²) in [6, 6.07) is 22.5. The first kappa shape index (κ1) is 15.8. The van der Waals surface area contributed by atoms with E-state index in [1.54, 1.807) is 11.3 Å². The summed E-state index contributed by atoms with van der Waals surface area (Å²) in [5, 5.41) is 8.39.